The van der Waals surface area contributed by atoms with Crippen molar-refractivity contribution >= 4 is 23.6 Å². The van der Waals surface area contributed by atoms with Gasteiger partial charge < -0.3 is 9.88 Å². The zero-order valence-electron chi connectivity index (χ0n) is 14.1. The molecule has 1 atom stereocenters. The smallest absolute Gasteiger partial charge is 0.262 e. The van der Waals surface area contributed by atoms with E-state index in [1.165, 1.54) is 10.8 Å². The number of hydrogen-bond donors (Lipinski definition) is 2. The molecule has 4 rings (SSSR count). The van der Waals surface area contributed by atoms with Crippen LogP contribution in [-0.2, 0) is 17.9 Å². The minimum absolute atomic E-state index is 0.0629. The number of pyridine rings is 2. The van der Waals surface area contributed by atoms with Crippen LogP contribution in [0.1, 0.15) is 18.1 Å². The number of amidine groups is 1. The summed E-state index contributed by atoms with van der Waals surface area (Å²) < 4.78 is 1.37. The van der Waals surface area contributed by atoms with Crippen molar-refractivity contribution < 1.29 is 4.79 Å². The predicted molar refractivity (Wildman–Crippen MR) is 96.9 cm³/mol. The Bertz CT molecular complexity index is 965. The lowest BCUT2D eigenvalue weighted by atomic mass is 10.2. The normalized spacial score (nSPS) is 17.2. The molecule has 2 aromatic rings. The molecule has 132 valence electrons. The zero-order valence-corrected chi connectivity index (χ0v) is 14.1. The molecule has 0 unspecified atom stereocenters. The Labute approximate surface area is 149 Å². The largest absolute Gasteiger partial charge is 0.350 e. The van der Waals surface area contributed by atoms with E-state index < -0.39 is 0 Å². The quantitative estimate of drug-likeness (QED) is 0.808. The van der Waals surface area contributed by atoms with Gasteiger partial charge in [0.15, 0.2) is 0 Å². The first kappa shape index (κ1) is 16.0. The molecule has 9 heteroatoms. The van der Waals surface area contributed by atoms with Crippen LogP contribution in [0.4, 0.5) is 5.69 Å². The minimum atomic E-state index is -0.388. The van der Waals surface area contributed by atoms with Gasteiger partial charge in [-0.2, -0.15) is 0 Å². The lowest BCUT2D eigenvalue weighted by molar-refractivity contribution is -0.121. The van der Waals surface area contributed by atoms with Crippen LogP contribution in [0.5, 0.6) is 0 Å². The summed E-state index contributed by atoms with van der Waals surface area (Å²) in [5, 5.41) is 4.52. The van der Waals surface area contributed by atoms with E-state index in [2.05, 4.69) is 25.7 Å². The molecular formula is C17H17N7O2. The molecule has 0 aromatic carbocycles. The standard InChI is InChI=1S/C17H17N7O2/c1-11-21-17-20-9-13-14(24(17)22-11)4-6-23(16(13)26)10-15(25)19-8-12-3-2-5-18-7-12/h2-7,9,17H,8,10H2,1H3,(H,19,25)(H,21,22)/t17-/m1/s1. The SMILES string of the molecule is CC1=N[C@H]2N=Cc3c(ccn(CC(=O)NCc4cccnc4)c3=O)N2N1. The summed E-state index contributed by atoms with van der Waals surface area (Å²) >= 11 is 0. The van der Waals surface area contributed by atoms with Crippen LogP contribution < -0.4 is 21.3 Å². The Kier molecular flexibility index (Phi) is 3.96. The Hall–Kier alpha value is -3.49. The molecule has 0 saturated carbocycles. The summed E-state index contributed by atoms with van der Waals surface area (Å²) in [6.45, 7) is 2.14. The Balaban J connectivity index is 1.48. The maximum absolute atomic E-state index is 12.7. The van der Waals surface area contributed by atoms with E-state index in [1.54, 1.807) is 35.7 Å². The van der Waals surface area contributed by atoms with Gasteiger partial charge in [-0.15, -0.1) is 0 Å². The van der Waals surface area contributed by atoms with Gasteiger partial charge in [-0.3, -0.25) is 20.0 Å². The third-order valence-electron chi connectivity index (χ3n) is 4.12. The molecule has 9 nitrogen and oxygen atoms in total. The Morgan fingerprint density at radius 3 is 3.08 bits per heavy atom. The molecule has 1 amide bonds. The maximum atomic E-state index is 12.7. The fourth-order valence-electron chi connectivity index (χ4n) is 2.87. The highest BCUT2D eigenvalue weighted by Gasteiger charge is 2.30. The molecular weight excluding hydrogens is 334 g/mol. The van der Waals surface area contributed by atoms with Gasteiger partial charge in [-0.05, 0) is 24.6 Å². The monoisotopic (exact) mass is 351 g/mol. The van der Waals surface area contributed by atoms with Gasteiger partial charge in [0.25, 0.3) is 5.56 Å². The maximum Gasteiger partial charge on any atom is 0.262 e. The van der Waals surface area contributed by atoms with Gasteiger partial charge in [0.1, 0.15) is 12.4 Å². The first-order chi connectivity index (χ1) is 12.6. The number of rotatable bonds is 4. The number of fused-ring (bicyclic) bond motifs is 3. The number of aromatic nitrogens is 2. The summed E-state index contributed by atoms with van der Waals surface area (Å²) in [5.74, 6) is 0.485. The molecule has 2 aromatic heterocycles. The lowest BCUT2D eigenvalue weighted by Gasteiger charge is -2.27. The van der Waals surface area contributed by atoms with Gasteiger partial charge in [0, 0.05) is 31.3 Å². The van der Waals surface area contributed by atoms with Gasteiger partial charge in [-0.25, -0.2) is 15.0 Å². The van der Waals surface area contributed by atoms with Crippen LogP contribution in [0, 0.1) is 0 Å². The zero-order chi connectivity index (χ0) is 18.1. The van der Waals surface area contributed by atoms with Crippen LogP contribution in [0.25, 0.3) is 0 Å². The Morgan fingerprint density at radius 2 is 2.27 bits per heavy atom. The van der Waals surface area contributed by atoms with Crippen molar-refractivity contribution in [3.63, 3.8) is 0 Å². The minimum Gasteiger partial charge on any atom is -0.350 e. The summed E-state index contributed by atoms with van der Waals surface area (Å²) in [6.07, 6.45) is 6.10. The van der Waals surface area contributed by atoms with Gasteiger partial charge in [0.05, 0.1) is 11.3 Å². The molecule has 4 heterocycles. The fourth-order valence-corrected chi connectivity index (χ4v) is 2.87. The molecule has 26 heavy (non-hydrogen) atoms. The van der Waals surface area contributed by atoms with E-state index in [0.717, 1.165) is 11.4 Å². The average Bonchev–Trinajstić information content (AvgIpc) is 3.04. The molecule has 2 aliphatic rings. The van der Waals surface area contributed by atoms with Crippen LogP contribution in [0.2, 0.25) is 0 Å². The molecule has 2 N–H and O–H groups in total. The molecule has 0 radical (unpaired) electrons. The van der Waals surface area contributed by atoms with Crippen molar-refractivity contribution in [2.45, 2.75) is 26.3 Å². The second-order valence-corrected chi connectivity index (χ2v) is 6.01. The third-order valence-corrected chi connectivity index (χ3v) is 4.12. The number of hydrazine groups is 1. The van der Waals surface area contributed by atoms with Crippen molar-refractivity contribution in [2.75, 3.05) is 5.01 Å². The topological polar surface area (TPSA) is 104 Å². The van der Waals surface area contributed by atoms with Gasteiger partial charge >= 0.3 is 0 Å². The van der Waals surface area contributed by atoms with E-state index in [0.29, 0.717) is 17.8 Å². The fraction of sp³-hybridized carbons (Fsp3) is 0.235. The van der Waals surface area contributed by atoms with Crippen molar-refractivity contribution in [3.8, 4) is 0 Å². The van der Waals surface area contributed by atoms with E-state index >= 15 is 0 Å². The number of carbonyl (C=O) groups excluding carboxylic acids is 1. The summed E-state index contributed by atoms with van der Waals surface area (Å²) in [4.78, 5) is 37.4. The molecule has 0 fully saturated rings. The Morgan fingerprint density at radius 1 is 1.38 bits per heavy atom. The molecule has 0 bridgehead atoms. The second kappa shape index (κ2) is 6.43. The van der Waals surface area contributed by atoms with Crippen LogP contribution in [-0.4, -0.2) is 33.8 Å². The van der Waals surface area contributed by atoms with Crippen molar-refractivity contribution in [3.05, 3.63) is 58.3 Å². The number of nitrogens with zero attached hydrogens (tertiary/aromatic N) is 5. The van der Waals surface area contributed by atoms with Gasteiger partial charge in [0.2, 0.25) is 12.2 Å². The van der Waals surface area contributed by atoms with Crippen LogP contribution in [0.15, 0.2) is 51.6 Å². The van der Waals surface area contributed by atoms with E-state index in [-0.39, 0.29) is 24.3 Å². The summed E-state index contributed by atoms with van der Waals surface area (Å²) in [6, 6.07) is 5.46. The highest BCUT2D eigenvalue weighted by molar-refractivity contribution is 5.93. The summed E-state index contributed by atoms with van der Waals surface area (Å²) in [7, 11) is 0. The highest BCUT2D eigenvalue weighted by atomic mass is 16.2. The highest BCUT2D eigenvalue weighted by Crippen LogP contribution is 2.24. The predicted octanol–water partition coefficient (Wildman–Crippen LogP) is 0.0188. The van der Waals surface area contributed by atoms with E-state index in [1.807, 2.05) is 13.0 Å². The lowest BCUT2D eigenvalue weighted by Crippen LogP contribution is -2.44. The number of anilines is 1. The first-order valence-electron chi connectivity index (χ1n) is 8.14. The molecule has 2 aliphatic heterocycles. The third kappa shape index (κ3) is 2.94. The van der Waals surface area contributed by atoms with Crippen LogP contribution >= 0.6 is 0 Å². The summed E-state index contributed by atoms with van der Waals surface area (Å²) in [5.41, 5.74) is 4.83. The number of carbonyl (C=O) groups is 1. The molecule has 0 saturated heterocycles. The van der Waals surface area contributed by atoms with E-state index in [9.17, 15) is 9.59 Å². The number of amides is 1. The number of nitrogens with one attached hydrogen (secondary N) is 2. The first-order valence-corrected chi connectivity index (χ1v) is 8.14. The van der Waals surface area contributed by atoms with Crippen molar-refractivity contribution in [1.82, 2.24) is 20.3 Å². The molecule has 0 spiro atoms. The number of aliphatic imine (C=N–C) groups is 2. The van der Waals surface area contributed by atoms with Gasteiger partial charge in [-0.1, -0.05) is 6.07 Å². The van der Waals surface area contributed by atoms with Crippen molar-refractivity contribution in [1.29, 1.82) is 0 Å². The molecule has 0 aliphatic carbocycles. The van der Waals surface area contributed by atoms with Crippen molar-refractivity contribution in [2.24, 2.45) is 9.98 Å². The van der Waals surface area contributed by atoms with E-state index in [4.69, 9.17) is 0 Å². The second-order valence-electron chi connectivity index (χ2n) is 6.01. The average molecular weight is 351 g/mol. The number of hydrogen-bond acceptors (Lipinski definition) is 7. The van der Waals surface area contributed by atoms with Crippen LogP contribution in [0.3, 0.4) is 0 Å².